The summed E-state index contributed by atoms with van der Waals surface area (Å²) < 4.78 is -2.06. The molecule has 0 unspecified atom stereocenters. The van der Waals surface area contributed by atoms with E-state index in [9.17, 15) is 4.79 Å². The molecule has 0 saturated carbocycles. The Morgan fingerprint density at radius 1 is 1.12 bits per heavy atom. The zero-order valence-electron chi connectivity index (χ0n) is 12.7. The van der Waals surface area contributed by atoms with Crippen LogP contribution < -0.4 is 5.32 Å². The Hall–Kier alpha value is -1.26. The van der Waals surface area contributed by atoms with E-state index >= 15 is 0 Å². The van der Waals surface area contributed by atoms with Crippen LogP contribution in [-0.2, 0) is 4.79 Å². The first-order chi connectivity index (χ1) is 11.3. The molecule has 7 heteroatoms. The lowest BCUT2D eigenvalue weighted by Gasteiger charge is -2.16. The number of halogens is 4. The Bertz CT molecular complexity index is 755. The highest BCUT2D eigenvalue weighted by atomic mass is 35.6. The monoisotopic (exact) mass is 402 g/mol. The van der Waals surface area contributed by atoms with Gasteiger partial charge in [0.15, 0.2) is 0 Å². The lowest BCUT2D eigenvalue weighted by molar-refractivity contribution is -0.115. The largest absolute Gasteiger partial charge is 0.322 e. The number of carbonyl (C=O) groups excluding carboxylic acids is 1. The molecule has 0 radical (unpaired) electrons. The second-order valence-corrected chi connectivity index (χ2v) is 7.55. The molecule has 2 rings (SSSR count). The van der Waals surface area contributed by atoms with E-state index in [2.05, 4.69) is 10.3 Å². The molecular weight excluding hydrogens is 390 g/mol. The Morgan fingerprint density at radius 2 is 1.79 bits per heavy atom. The van der Waals surface area contributed by atoms with Crippen molar-refractivity contribution in [2.45, 2.75) is 10.7 Å². The fourth-order valence-electron chi connectivity index (χ4n) is 2.10. The third-order valence-corrected chi connectivity index (χ3v) is 3.86. The number of amides is 1. The van der Waals surface area contributed by atoms with E-state index in [1.165, 1.54) is 0 Å². The number of aliphatic imine (C=N–C) groups is 1. The molecule has 0 saturated heterocycles. The van der Waals surface area contributed by atoms with Crippen LogP contribution >= 0.6 is 46.4 Å². The van der Waals surface area contributed by atoms with E-state index in [0.717, 1.165) is 5.56 Å². The van der Waals surface area contributed by atoms with Crippen LogP contribution in [0, 0.1) is 0 Å². The topological polar surface area (TPSA) is 41.5 Å². The first-order valence-electron chi connectivity index (χ1n) is 7.11. The van der Waals surface area contributed by atoms with Gasteiger partial charge in [0.05, 0.1) is 11.4 Å². The summed E-state index contributed by atoms with van der Waals surface area (Å²) in [6.45, 7) is 2.49. The van der Waals surface area contributed by atoms with Crippen LogP contribution in [0.3, 0.4) is 0 Å². The maximum absolute atomic E-state index is 12.0. The zero-order chi connectivity index (χ0) is 17.7. The van der Waals surface area contributed by atoms with Crippen molar-refractivity contribution in [1.29, 1.82) is 0 Å². The summed E-state index contributed by atoms with van der Waals surface area (Å²) in [6.07, 6.45) is 0. The number of hydrogen-bond donors (Lipinski definition) is 1. The molecule has 0 heterocycles. The van der Waals surface area contributed by atoms with Crippen LogP contribution in [0.1, 0.15) is 18.1 Å². The second-order valence-electron chi connectivity index (χ2n) is 4.83. The number of alkyl halides is 3. The molecule has 0 atom stereocenters. The molecule has 0 fully saturated rings. The highest BCUT2D eigenvalue weighted by Gasteiger charge is 2.31. The molecule has 24 heavy (non-hydrogen) atoms. The first-order valence-corrected chi connectivity index (χ1v) is 8.62. The van der Waals surface area contributed by atoms with Gasteiger partial charge in [-0.25, -0.2) is 0 Å². The smallest absolute Gasteiger partial charge is 0.276 e. The Morgan fingerprint density at radius 3 is 2.38 bits per heavy atom. The van der Waals surface area contributed by atoms with Gasteiger partial charge in [-0.1, -0.05) is 76.7 Å². The van der Waals surface area contributed by atoms with Gasteiger partial charge in [-0.05, 0) is 25.1 Å². The number of hydrogen-bond acceptors (Lipinski definition) is 2. The molecule has 1 amide bonds. The Balaban J connectivity index is 2.53. The van der Waals surface area contributed by atoms with E-state index in [-0.39, 0.29) is 0 Å². The van der Waals surface area contributed by atoms with Crippen LogP contribution in [0.5, 0.6) is 0 Å². The maximum Gasteiger partial charge on any atom is 0.276 e. The predicted molar refractivity (Wildman–Crippen MR) is 103 cm³/mol. The van der Waals surface area contributed by atoms with E-state index < -0.39 is 9.70 Å². The van der Waals surface area contributed by atoms with Crippen molar-refractivity contribution in [2.24, 2.45) is 4.99 Å². The first kappa shape index (κ1) is 19.1. The van der Waals surface area contributed by atoms with E-state index in [4.69, 9.17) is 46.4 Å². The minimum absolute atomic E-state index is 0.465. The average Bonchev–Trinajstić information content (AvgIpc) is 2.54. The molecule has 0 aromatic heterocycles. The van der Waals surface area contributed by atoms with Crippen molar-refractivity contribution >= 4 is 63.7 Å². The Kier molecular flexibility index (Phi) is 6.53. The van der Waals surface area contributed by atoms with E-state index in [1.807, 2.05) is 37.3 Å². The second kappa shape index (κ2) is 8.21. The summed E-state index contributed by atoms with van der Waals surface area (Å²) in [5, 5.41) is 3.12. The minimum Gasteiger partial charge on any atom is -0.322 e. The minimum atomic E-state index is -2.06. The van der Waals surface area contributed by atoms with Crippen molar-refractivity contribution in [3.63, 3.8) is 0 Å². The van der Waals surface area contributed by atoms with Crippen LogP contribution in [0.2, 0.25) is 5.02 Å². The maximum atomic E-state index is 12.0. The summed E-state index contributed by atoms with van der Waals surface area (Å²) in [6, 6.07) is 14.6. The zero-order valence-corrected chi connectivity index (χ0v) is 15.7. The average molecular weight is 404 g/mol. The number of anilines is 1. The van der Waals surface area contributed by atoms with Gasteiger partial charge in [-0.15, -0.1) is 0 Å². The summed E-state index contributed by atoms with van der Waals surface area (Å²) in [4.78, 5) is 16.6. The standard InChI is InChI=1S/C17H14Cl4N2O/c1-2-22-15(11-6-4-3-5-7-11)13-10-12(18)8-9-14(13)23-16(24)17(19,20)21/h3-10H,2H2,1H3,(H,23,24)/b22-15-. The highest BCUT2D eigenvalue weighted by Crippen LogP contribution is 2.30. The van der Waals surface area contributed by atoms with Crippen LogP contribution in [0.25, 0.3) is 0 Å². The molecule has 1 N–H and O–H groups in total. The highest BCUT2D eigenvalue weighted by molar-refractivity contribution is 6.76. The van der Waals surface area contributed by atoms with Gasteiger partial charge in [0.2, 0.25) is 0 Å². The Labute approximate surface area is 160 Å². The molecule has 126 valence electrons. The summed E-state index contributed by atoms with van der Waals surface area (Å²) in [5.41, 5.74) is 2.70. The molecule has 0 aliphatic heterocycles. The number of carbonyl (C=O) groups is 1. The van der Waals surface area contributed by atoms with Gasteiger partial charge in [0.25, 0.3) is 9.70 Å². The lowest BCUT2D eigenvalue weighted by Crippen LogP contribution is -2.28. The van der Waals surface area contributed by atoms with Crippen LogP contribution in [-0.4, -0.2) is 22.0 Å². The van der Waals surface area contributed by atoms with Gasteiger partial charge in [0, 0.05) is 22.7 Å². The SMILES string of the molecule is CC/N=C(/c1ccccc1)c1cc(Cl)ccc1NC(=O)C(Cl)(Cl)Cl. The third kappa shape index (κ3) is 4.87. The van der Waals surface area contributed by atoms with Crippen LogP contribution in [0.4, 0.5) is 5.69 Å². The van der Waals surface area contributed by atoms with Gasteiger partial charge >= 0.3 is 0 Å². The van der Waals surface area contributed by atoms with Crippen molar-refractivity contribution in [3.8, 4) is 0 Å². The molecule has 0 aliphatic carbocycles. The summed E-state index contributed by atoms with van der Waals surface area (Å²) in [7, 11) is 0. The van der Waals surface area contributed by atoms with Crippen LogP contribution in [0.15, 0.2) is 53.5 Å². The van der Waals surface area contributed by atoms with Gasteiger partial charge < -0.3 is 5.32 Å². The fourth-order valence-corrected chi connectivity index (χ4v) is 2.41. The number of nitrogens with one attached hydrogen (secondary N) is 1. The molecule has 2 aromatic carbocycles. The molecule has 0 spiro atoms. The lowest BCUT2D eigenvalue weighted by atomic mass is 10.0. The predicted octanol–water partition coefficient (Wildman–Crippen LogP) is 5.51. The fraction of sp³-hybridized carbons (Fsp3) is 0.176. The number of benzene rings is 2. The van der Waals surface area contributed by atoms with E-state index in [1.54, 1.807) is 18.2 Å². The van der Waals surface area contributed by atoms with Crippen molar-refractivity contribution in [2.75, 3.05) is 11.9 Å². The van der Waals surface area contributed by atoms with E-state index in [0.29, 0.717) is 28.5 Å². The van der Waals surface area contributed by atoms with Gasteiger partial charge in [-0.2, -0.15) is 0 Å². The summed E-state index contributed by atoms with van der Waals surface area (Å²) in [5.74, 6) is -0.750. The van der Waals surface area contributed by atoms with Gasteiger partial charge in [0.1, 0.15) is 0 Å². The molecule has 0 aliphatic rings. The van der Waals surface area contributed by atoms with Gasteiger partial charge in [-0.3, -0.25) is 9.79 Å². The van der Waals surface area contributed by atoms with Crippen molar-refractivity contribution in [3.05, 3.63) is 64.7 Å². The third-order valence-electron chi connectivity index (χ3n) is 3.11. The normalized spacial score (nSPS) is 12.1. The number of rotatable bonds is 4. The summed E-state index contributed by atoms with van der Waals surface area (Å²) >= 11 is 23.0. The quantitative estimate of drug-likeness (QED) is 0.530. The molecular formula is C17H14Cl4N2O. The number of nitrogens with zero attached hydrogens (tertiary/aromatic N) is 1. The molecule has 0 bridgehead atoms. The van der Waals surface area contributed by atoms with Crippen molar-refractivity contribution < 1.29 is 4.79 Å². The molecule has 3 nitrogen and oxygen atoms in total. The molecule has 2 aromatic rings. The van der Waals surface area contributed by atoms with Crippen molar-refractivity contribution in [1.82, 2.24) is 0 Å².